The van der Waals surface area contributed by atoms with Gasteiger partial charge in [-0.05, 0) is 30.7 Å². The lowest BCUT2D eigenvalue weighted by Gasteiger charge is -2.17. The standard InChI is InChI=1S/C14H13FN2OS/c1-8-6-9(2-3-11(8)15)13-16-12-4-5-18-7-10(12)14(19)17-13/h2-3,6H,4-5,7H2,1H3,(H,16,17,19). The highest BCUT2D eigenvalue weighted by molar-refractivity contribution is 7.71. The highest BCUT2D eigenvalue weighted by Gasteiger charge is 2.14. The van der Waals surface area contributed by atoms with Crippen LogP contribution in [0.4, 0.5) is 4.39 Å². The maximum atomic E-state index is 13.3. The average Bonchev–Trinajstić information content (AvgIpc) is 2.42. The maximum Gasteiger partial charge on any atom is 0.139 e. The summed E-state index contributed by atoms with van der Waals surface area (Å²) in [4.78, 5) is 7.67. The van der Waals surface area contributed by atoms with Gasteiger partial charge in [0, 0.05) is 23.2 Å². The van der Waals surface area contributed by atoms with Gasteiger partial charge in [-0.25, -0.2) is 9.37 Å². The number of aryl methyl sites for hydroxylation is 1. The summed E-state index contributed by atoms with van der Waals surface area (Å²) < 4.78 is 19.2. The third-order valence-corrected chi connectivity index (χ3v) is 3.62. The van der Waals surface area contributed by atoms with Gasteiger partial charge in [0.2, 0.25) is 0 Å². The Morgan fingerprint density at radius 3 is 3.05 bits per heavy atom. The van der Waals surface area contributed by atoms with Crippen molar-refractivity contribution in [3.63, 3.8) is 0 Å². The monoisotopic (exact) mass is 276 g/mol. The second-order valence-electron chi connectivity index (χ2n) is 4.61. The smallest absolute Gasteiger partial charge is 0.139 e. The Bertz CT molecular complexity index is 696. The summed E-state index contributed by atoms with van der Waals surface area (Å²) in [6.07, 6.45) is 0.800. The molecule has 0 amide bonds. The largest absolute Gasteiger partial charge is 0.376 e. The second kappa shape index (κ2) is 4.83. The third-order valence-electron chi connectivity index (χ3n) is 3.28. The molecule has 0 saturated heterocycles. The molecule has 1 aromatic heterocycles. The Kier molecular flexibility index (Phi) is 3.16. The number of nitrogens with zero attached hydrogens (tertiary/aromatic N) is 1. The van der Waals surface area contributed by atoms with Crippen molar-refractivity contribution in [3.05, 3.63) is 45.5 Å². The molecule has 0 unspecified atom stereocenters. The van der Waals surface area contributed by atoms with Crippen LogP contribution in [0.2, 0.25) is 0 Å². The van der Waals surface area contributed by atoms with Crippen molar-refractivity contribution in [1.82, 2.24) is 9.97 Å². The van der Waals surface area contributed by atoms with E-state index in [0.29, 0.717) is 29.2 Å². The zero-order chi connectivity index (χ0) is 13.4. The van der Waals surface area contributed by atoms with Crippen LogP contribution >= 0.6 is 12.2 Å². The van der Waals surface area contributed by atoms with E-state index in [0.717, 1.165) is 23.2 Å². The molecule has 1 aliphatic rings. The van der Waals surface area contributed by atoms with E-state index in [1.165, 1.54) is 6.07 Å². The molecule has 0 atom stereocenters. The number of aromatic nitrogens is 2. The van der Waals surface area contributed by atoms with Crippen molar-refractivity contribution in [2.24, 2.45) is 0 Å². The molecule has 19 heavy (non-hydrogen) atoms. The van der Waals surface area contributed by atoms with Crippen LogP contribution in [0.3, 0.4) is 0 Å². The minimum Gasteiger partial charge on any atom is -0.376 e. The lowest BCUT2D eigenvalue weighted by molar-refractivity contribution is 0.108. The second-order valence-corrected chi connectivity index (χ2v) is 5.00. The number of ether oxygens (including phenoxy) is 1. The molecule has 2 heterocycles. The molecule has 0 fully saturated rings. The minimum atomic E-state index is -0.214. The van der Waals surface area contributed by atoms with Crippen molar-refractivity contribution in [2.45, 2.75) is 20.0 Å². The number of nitrogens with one attached hydrogen (secondary N) is 1. The first-order valence-corrected chi connectivity index (χ1v) is 6.52. The number of hydrogen-bond donors (Lipinski definition) is 1. The molecule has 2 aromatic rings. The SMILES string of the molecule is Cc1cc(-c2nc(=S)c3c([nH]2)CCOC3)ccc1F. The Labute approximate surface area is 115 Å². The van der Waals surface area contributed by atoms with Gasteiger partial charge < -0.3 is 9.72 Å². The molecular formula is C14H13FN2OS. The molecule has 1 N–H and O–H groups in total. The molecule has 0 bridgehead atoms. The predicted molar refractivity (Wildman–Crippen MR) is 72.9 cm³/mol. The van der Waals surface area contributed by atoms with Gasteiger partial charge in [0.25, 0.3) is 0 Å². The molecule has 1 aliphatic heterocycles. The molecule has 1 aromatic carbocycles. The van der Waals surface area contributed by atoms with Crippen LogP contribution in [0.5, 0.6) is 0 Å². The molecule has 98 valence electrons. The number of benzene rings is 1. The maximum absolute atomic E-state index is 13.3. The van der Waals surface area contributed by atoms with E-state index in [4.69, 9.17) is 17.0 Å². The van der Waals surface area contributed by atoms with Crippen LogP contribution in [0, 0.1) is 17.4 Å². The molecule has 0 aliphatic carbocycles. The Hall–Kier alpha value is -1.59. The van der Waals surface area contributed by atoms with Gasteiger partial charge >= 0.3 is 0 Å². The summed E-state index contributed by atoms with van der Waals surface area (Å²) in [6.45, 7) is 2.93. The third kappa shape index (κ3) is 2.31. The lowest BCUT2D eigenvalue weighted by Crippen LogP contribution is -2.14. The molecule has 5 heteroatoms. The highest BCUT2D eigenvalue weighted by atomic mass is 32.1. The van der Waals surface area contributed by atoms with Crippen molar-refractivity contribution in [3.8, 4) is 11.4 Å². The topological polar surface area (TPSA) is 37.9 Å². The van der Waals surface area contributed by atoms with Gasteiger partial charge in [-0.15, -0.1) is 0 Å². The molecule has 3 nitrogen and oxygen atoms in total. The highest BCUT2D eigenvalue weighted by Crippen LogP contribution is 2.22. The summed E-state index contributed by atoms with van der Waals surface area (Å²) >= 11 is 5.30. The van der Waals surface area contributed by atoms with Crippen molar-refractivity contribution < 1.29 is 9.13 Å². The van der Waals surface area contributed by atoms with Crippen LogP contribution < -0.4 is 0 Å². The zero-order valence-corrected chi connectivity index (χ0v) is 11.3. The summed E-state index contributed by atoms with van der Waals surface area (Å²) in [5, 5.41) is 0. The predicted octanol–water partition coefficient (Wildman–Crippen LogP) is 3.33. The first-order valence-electron chi connectivity index (χ1n) is 6.11. The first-order chi connectivity index (χ1) is 9.15. The Morgan fingerprint density at radius 2 is 2.26 bits per heavy atom. The van der Waals surface area contributed by atoms with Crippen LogP contribution in [0.15, 0.2) is 18.2 Å². The number of fused-ring (bicyclic) bond motifs is 1. The summed E-state index contributed by atoms with van der Waals surface area (Å²) in [5.74, 6) is 0.474. The number of rotatable bonds is 1. The van der Waals surface area contributed by atoms with Gasteiger partial charge in [0.05, 0.1) is 13.2 Å². The fourth-order valence-corrected chi connectivity index (χ4v) is 2.46. The summed E-state index contributed by atoms with van der Waals surface area (Å²) in [6, 6.07) is 4.93. The minimum absolute atomic E-state index is 0.214. The van der Waals surface area contributed by atoms with E-state index >= 15 is 0 Å². The van der Waals surface area contributed by atoms with Gasteiger partial charge in [-0.2, -0.15) is 0 Å². The molecule has 0 saturated carbocycles. The van der Waals surface area contributed by atoms with E-state index in [1.54, 1.807) is 19.1 Å². The van der Waals surface area contributed by atoms with Gasteiger partial charge in [0.1, 0.15) is 16.3 Å². The van der Waals surface area contributed by atoms with Gasteiger partial charge in [-0.1, -0.05) is 12.2 Å². The van der Waals surface area contributed by atoms with E-state index in [2.05, 4.69) is 9.97 Å². The van der Waals surface area contributed by atoms with Crippen LogP contribution in [-0.4, -0.2) is 16.6 Å². The lowest BCUT2D eigenvalue weighted by atomic mass is 10.1. The molecule has 0 radical (unpaired) electrons. The van der Waals surface area contributed by atoms with Crippen LogP contribution in [0.25, 0.3) is 11.4 Å². The first kappa shape index (κ1) is 12.4. The van der Waals surface area contributed by atoms with E-state index < -0.39 is 0 Å². The Balaban J connectivity index is 2.12. The number of aromatic amines is 1. The Morgan fingerprint density at radius 1 is 1.42 bits per heavy atom. The molecular weight excluding hydrogens is 263 g/mol. The number of halogens is 1. The van der Waals surface area contributed by atoms with Gasteiger partial charge in [-0.3, -0.25) is 0 Å². The number of hydrogen-bond acceptors (Lipinski definition) is 3. The fraction of sp³-hybridized carbons (Fsp3) is 0.286. The van der Waals surface area contributed by atoms with Crippen molar-refractivity contribution in [2.75, 3.05) is 6.61 Å². The number of H-pyrrole nitrogens is 1. The van der Waals surface area contributed by atoms with Crippen LogP contribution in [-0.2, 0) is 17.8 Å². The van der Waals surface area contributed by atoms with Gasteiger partial charge in [0.15, 0.2) is 0 Å². The summed E-state index contributed by atoms with van der Waals surface area (Å²) in [5.41, 5.74) is 3.48. The zero-order valence-electron chi connectivity index (χ0n) is 10.5. The van der Waals surface area contributed by atoms with E-state index in [9.17, 15) is 4.39 Å². The van der Waals surface area contributed by atoms with Crippen LogP contribution in [0.1, 0.15) is 16.8 Å². The average molecular weight is 276 g/mol. The van der Waals surface area contributed by atoms with Crippen molar-refractivity contribution >= 4 is 12.2 Å². The fourth-order valence-electron chi connectivity index (χ4n) is 2.18. The van der Waals surface area contributed by atoms with E-state index in [-0.39, 0.29) is 5.82 Å². The summed E-state index contributed by atoms with van der Waals surface area (Å²) in [7, 11) is 0. The quantitative estimate of drug-likeness (QED) is 0.812. The molecule has 0 spiro atoms. The molecule has 3 rings (SSSR count). The van der Waals surface area contributed by atoms with E-state index in [1.807, 2.05) is 0 Å². The normalized spacial score (nSPS) is 14.2. The van der Waals surface area contributed by atoms with Crippen molar-refractivity contribution in [1.29, 1.82) is 0 Å².